The molecular formula is C19H18N3O+. The largest absolute Gasteiger partial charge is 0.487 e. The number of pyridine rings is 1. The maximum Gasteiger partial charge on any atom is 0.182 e. The Morgan fingerprint density at radius 3 is 2.00 bits per heavy atom. The summed E-state index contributed by atoms with van der Waals surface area (Å²) in [6.45, 7) is 1.44. The van der Waals surface area contributed by atoms with E-state index in [0.717, 1.165) is 23.7 Å². The lowest BCUT2D eigenvalue weighted by Crippen LogP contribution is -2.35. The highest BCUT2D eigenvalue weighted by atomic mass is 16.5. The Morgan fingerprint density at radius 2 is 1.30 bits per heavy atom. The lowest BCUT2D eigenvalue weighted by molar-refractivity contribution is -0.697. The summed E-state index contributed by atoms with van der Waals surface area (Å²) in [6.07, 6.45) is 4.05. The zero-order valence-corrected chi connectivity index (χ0v) is 12.7. The molecule has 2 aromatic carbocycles. The van der Waals surface area contributed by atoms with Crippen LogP contribution in [0.4, 0.5) is 11.4 Å². The summed E-state index contributed by atoms with van der Waals surface area (Å²) in [4.78, 5) is 0. The maximum absolute atomic E-state index is 5.73. The summed E-state index contributed by atoms with van der Waals surface area (Å²) in [5, 5.41) is 8.40. The molecule has 1 aromatic heterocycles. The standard InChI is InChI=1S/C19H18N3O/c1-3-7-17(8-4-1)20-21-18-9-11-19(12-10-18)23-16-15-22-13-5-2-6-14-22/h1-14H,15-16H2/q+1. The van der Waals surface area contributed by atoms with Crippen LogP contribution >= 0.6 is 0 Å². The third-order valence-electron chi connectivity index (χ3n) is 3.27. The fraction of sp³-hybridized carbons (Fsp3) is 0.105. The van der Waals surface area contributed by atoms with E-state index in [0.29, 0.717) is 6.61 Å². The van der Waals surface area contributed by atoms with E-state index in [1.54, 1.807) is 0 Å². The number of hydrogen-bond acceptors (Lipinski definition) is 3. The lowest BCUT2D eigenvalue weighted by Gasteiger charge is -2.04. The molecule has 0 aliphatic heterocycles. The van der Waals surface area contributed by atoms with Crippen molar-refractivity contribution in [2.75, 3.05) is 6.61 Å². The Labute approximate surface area is 135 Å². The van der Waals surface area contributed by atoms with Gasteiger partial charge in [0.1, 0.15) is 12.4 Å². The Kier molecular flexibility index (Phi) is 5.08. The number of rotatable bonds is 6. The van der Waals surface area contributed by atoms with Crippen LogP contribution in [0.1, 0.15) is 0 Å². The first-order chi connectivity index (χ1) is 11.4. The second kappa shape index (κ2) is 7.84. The highest BCUT2D eigenvalue weighted by molar-refractivity contribution is 5.42. The van der Waals surface area contributed by atoms with Crippen LogP contribution in [-0.2, 0) is 6.54 Å². The highest BCUT2D eigenvalue weighted by Crippen LogP contribution is 2.20. The molecule has 0 saturated carbocycles. The molecule has 0 atom stereocenters. The van der Waals surface area contributed by atoms with Crippen molar-refractivity contribution in [3.8, 4) is 5.75 Å². The molecule has 0 amide bonds. The second-order valence-corrected chi connectivity index (χ2v) is 4.99. The molecule has 3 rings (SSSR count). The zero-order valence-electron chi connectivity index (χ0n) is 12.7. The van der Waals surface area contributed by atoms with Crippen molar-refractivity contribution in [2.24, 2.45) is 10.2 Å². The van der Waals surface area contributed by atoms with Crippen molar-refractivity contribution < 1.29 is 9.30 Å². The molecule has 1 heterocycles. The summed E-state index contributed by atoms with van der Waals surface area (Å²) in [7, 11) is 0. The van der Waals surface area contributed by atoms with Gasteiger partial charge in [-0.3, -0.25) is 0 Å². The van der Waals surface area contributed by atoms with Gasteiger partial charge in [-0.2, -0.15) is 10.2 Å². The van der Waals surface area contributed by atoms with Crippen LogP contribution in [0.15, 0.2) is 95.4 Å². The predicted octanol–water partition coefficient (Wildman–Crippen LogP) is 4.47. The lowest BCUT2D eigenvalue weighted by atomic mass is 10.3. The minimum atomic E-state index is 0.625. The highest BCUT2D eigenvalue weighted by Gasteiger charge is 1.99. The Bertz CT molecular complexity index is 741. The maximum atomic E-state index is 5.73. The molecule has 3 aromatic rings. The van der Waals surface area contributed by atoms with Gasteiger partial charge in [0.05, 0.1) is 11.4 Å². The zero-order chi connectivity index (χ0) is 15.7. The molecule has 0 N–H and O–H groups in total. The number of azo groups is 1. The van der Waals surface area contributed by atoms with Crippen LogP contribution in [0.3, 0.4) is 0 Å². The second-order valence-electron chi connectivity index (χ2n) is 4.99. The molecule has 0 unspecified atom stereocenters. The van der Waals surface area contributed by atoms with E-state index in [4.69, 9.17) is 4.74 Å². The topological polar surface area (TPSA) is 37.8 Å². The van der Waals surface area contributed by atoms with Gasteiger partial charge in [0, 0.05) is 12.1 Å². The van der Waals surface area contributed by atoms with Crippen LogP contribution in [0.25, 0.3) is 0 Å². The first-order valence-corrected chi connectivity index (χ1v) is 7.54. The smallest absolute Gasteiger partial charge is 0.182 e. The fourth-order valence-electron chi connectivity index (χ4n) is 2.07. The third kappa shape index (κ3) is 4.74. The molecule has 114 valence electrons. The van der Waals surface area contributed by atoms with Gasteiger partial charge >= 0.3 is 0 Å². The SMILES string of the molecule is c1ccc(N=Nc2ccc(OCC[n+]3ccccc3)cc2)cc1. The van der Waals surface area contributed by atoms with Crippen LogP contribution in [0.5, 0.6) is 5.75 Å². The van der Waals surface area contributed by atoms with Crippen LogP contribution in [-0.4, -0.2) is 6.61 Å². The van der Waals surface area contributed by atoms with E-state index >= 15 is 0 Å². The summed E-state index contributed by atoms with van der Waals surface area (Å²) < 4.78 is 7.82. The number of aromatic nitrogens is 1. The third-order valence-corrected chi connectivity index (χ3v) is 3.27. The van der Waals surface area contributed by atoms with Gasteiger partial charge in [-0.1, -0.05) is 24.3 Å². The molecule has 0 aliphatic carbocycles. The predicted molar refractivity (Wildman–Crippen MR) is 89.2 cm³/mol. The van der Waals surface area contributed by atoms with Crippen LogP contribution in [0.2, 0.25) is 0 Å². The molecule has 4 nitrogen and oxygen atoms in total. The summed E-state index contributed by atoms with van der Waals surface area (Å²) in [5.74, 6) is 0.834. The van der Waals surface area contributed by atoms with E-state index in [9.17, 15) is 0 Å². The summed E-state index contributed by atoms with van der Waals surface area (Å²) in [5.41, 5.74) is 1.64. The molecule has 0 spiro atoms. The molecule has 0 aliphatic rings. The Hall–Kier alpha value is -3.01. The first-order valence-electron chi connectivity index (χ1n) is 7.54. The van der Waals surface area contributed by atoms with E-state index in [1.165, 1.54) is 0 Å². The molecule has 0 saturated heterocycles. The van der Waals surface area contributed by atoms with E-state index in [1.807, 2.05) is 85.2 Å². The molecule has 0 fully saturated rings. The van der Waals surface area contributed by atoms with Gasteiger partial charge in [-0.25, -0.2) is 4.57 Å². The van der Waals surface area contributed by atoms with Crippen molar-refractivity contribution >= 4 is 11.4 Å². The molecule has 4 heteroatoms. The van der Waals surface area contributed by atoms with Gasteiger partial charge in [0.25, 0.3) is 0 Å². The minimum absolute atomic E-state index is 0.625. The monoisotopic (exact) mass is 304 g/mol. The van der Waals surface area contributed by atoms with E-state index < -0.39 is 0 Å². The summed E-state index contributed by atoms with van der Waals surface area (Å²) in [6, 6.07) is 23.3. The minimum Gasteiger partial charge on any atom is -0.487 e. The summed E-state index contributed by atoms with van der Waals surface area (Å²) >= 11 is 0. The number of ether oxygens (including phenoxy) is 1. The first kappa shape index (κ1) is 14.9. The van der Waals surface area contributed by atoms with Gasteiger partial charge < -0.3 is 4.74 Å². The average molecular weight is 304 g/mol. The quantitative estimate of drug-likeness (QED) is 0.489. The van der Waals surface area contributed by atoms with E-state index in [2.05, 4.69) is 14.8 Å². The van der Waals surface area contributed by atoms with Gasteiger partial charge in [0.15, 0.2) is 18.9 Å². The van der Waals surface area contributed by atoms with Crippen LogP contribution < -0.4 is 9.30 Å². The molecular weight excluding hydrogens is 286 g/mol. The molecule has 0 bridgehead atoms. The van der Waals surface area contributed by atoms with E-state index in [-0.39, 0.29) is 0 Å². The van der Waals surface area contributed by atoms with Crippen molar-refractivity contribution in [2.45, 2.75) is 6.54 Å². The normalized spacial score (nSPS) is 10.8. The average Bonchev–Trinajstić information content (AvgIpc) is 2.63. The fourth-order valence-corrected chi connectivity index (χ4v) is 2.07. The van der Waals surface area contributed by atoms with Crippen molar-refractivity contribution in [3.63, 3.8) is 0 Å². The van der Waals surface area contributed by atoms with Crippen molar-refractivity contribution in [3.05, 3.63) is 85.2 Å². The Balaban J connectivity index is 1.52. The molecule has 0 radical (unpaired) electrons. The number of nitrogens with zero attached hydrogens (tertiary/aromatic N) is 3. The number of hydrogen-bond donors (Lipinski definition) is 0. The molecule has 23 heavy (non-hydrogen) atoms. The van der Waals surface area contributed by atoms with Crippen LogP contribution in [0, 0.1) is 0 Å². The Morgan fingerprint density at radius 1 is 0.696 bits per heavy atom. The number of benzene rings is 2. The van der Waals surface area contributed by atoms with Gasteiger partial charge in [-0.05, 0) is 36.4 Å². The van der Waals surface area contributed by atoms with Gasteiger partial charge in [0.2, 0.25) is 0 Å². The van der Waals surface area contributed by atoms with Crippen molar-refractivity contribution in [1.29, 1.82) is 0 Å². The van der Waals surface area contributed by atoms with Crippen molar-refractivity contribution in [1.82, 2.24) is 0 Å². The van der Waals surface area contributed by atoms with Gasteiger partial charge in [-0.15, -0.1) is 0 Å².